The molecule has 0 bridgehead atoms. The van der Waals surface area contributed by atoms with Crippen molar-refractivity contribution in [3.63, 3.8) is 0 Å². The highest BCUT2D eigenvalue weighted by atomic mass is 19.4. The van der Waals surface area contributed by atoms with Crippen molar-refractivity contribution in [2.24, 2.45) is 0 Å². The Hall–Kier alpha value is -1.54. The summed E-state index contributed by atoms with van der Waals surface area (Å²) in [6.07, 6.45) is -44.4. The summed E-state index contributed by atoms with van der Waals surface area (Å²) in [6, 6.07) is 0. The third-order valence-corrected chi connectivity index (χ3v) is 1.72. The highest BCUT2D eigenvalue weighted by Crippen LogP contribution is 2.44. The summed E-state index contributed by atoms with van der Waals surface area (Å²) in [5, 5.41) is 0. The van der Waals surface area contributed by atoms with Crippen molar-refractivity contribution in [1.29, 1.82) is 0 Å². The van der Waals surface area contributed by atoms with E-state index in [0.29, 0.717) is 0 Å². The van der Waals surface area contributed by atoms with Gasteiger partial charge in [-0.25, -0.2) is 18.9 Å². The minimum Gasteiger partial charge on any atom is -0.223 e. The number of rotatable bonds is 9. The molecule has 0 aromatic heterocycles. The van der Waals surface area contributed by atoms with Crippen LogP contribution in [0.1, 0.15) is 0 Å². The van der Waals surface area contributed by atoms with Gasteiger partial charge in [0.2, 0.25) is 0 Å². The smallest absolute Gasteiger partial charge is 0.223 e. The fraction of sp³-hybridized carbons (Fsp3) is 0.750. The van der Waals surface area contributed by atoms with Gasteiger partial charge in [0, 0.05) is 0 Å². The summed E-state index contributed by atoms with van der Waals surface area (Å²) in [5.74, 6) is -4.07. The Morgan fingerprint density at radius 1 is 0.464 bits per heavy atom. The van der Waals surface area contributed by atoms with Crippen molar-refractivity contribution in [3.8, 4) is 0 Å². The number of ether oxygens (including phenoxy) is 4. The van der Waals surface area contributed by atoms with Gasteiger partial charge in [-0.3, -0.25) is 0 Å². The molecule has 20 heteroatoms. The monoisotopic (exact) mass is 464 g/mol. The molecule has 0 aliphatic carbocycles. The van der Waals surface area contributed by atoms with Gasteiger partial charge in [0.1, 0.15) is 0 Å². The minimum atomic E-state index is -6.95. The second-order valence-electron chi connectivity index (χ2n) is 3.90. The van der Waals surface area contributed by atoms with E-state index < -0.39 is 49.2 Å². The second kappa shape index (κ2) is 7.71. The zero-order valence-electron chi connectivity index (χ0n) is 11.7. The summed E-state index contributed by atoms with van der Waals surface area (Å²) >= 11 is 0. The van der Waals surface area contributed by atoms with E-state index in [1.54, 1.807) is 14.2 Å². The summed E-state index contributed by atoms with van der Waals surface area (Å²) < 4.78 is 201. The van der Waals surface area contributed by atoms with Crippen LogP contribution in [-0.4, -0.2) is 37.3 Å². The Morgan fingerprint density at radius 2 is 0.786 bits per heavy atom. The zero-order valence-corrected chi connectivity index (χ0v) is 11.7. The van der Waals surface area contributed by atoms with Crippen LogP contribution in [0.4, 0.5) is 70.2 Å². The van der Waals surface area contributed by atoms with Crippen LogP contribution in [0.3, 0.4) is 0 Å². The number of alkyl halides is 13. The molecule has 168 valence electrons. The van der Waals surface area contributed by atoms with Gasteiger partial charge in [0.05, 0.1) is 0 Å². The standard InChI is InChI=1S/C8F16O4/c9-1(2(10)11)3(12,13)25-6(19,20)27-8(23,24)28-7(21,22)26-5(17,18)4(14,15)16. The predicted octanol–water partition coefficient (Wildman–Crippen LogP) is 5.53. The van der Waals surface area contributed by atoms with Crippen LogP contribution < -0.4 is 0 Å². The molecule has 4 nitrogen and oxygen atoms in total. The lowest BCUT2D eigenvalue weighted by molar-refractivity contribution is -0.610. The third-order valence-electron chi connectivity index (χ3n) is 1.72. The molecule has 0 fully saturated rings. The van der Waals surface area contributed by atoms with Gasteiger partial charge in [-0.05, 0) is 0 Å². The van der Waals surface area contributed by atoms with E-state index >= 15 is 0 Å². The summed E-state index contributed by atoms with van der Waals surface area (Å²) in [6.45, 7) is 0. The fourth-order valence-corrected chi connectivity index (χ4v) is 0.850. The van der Waals surface area contributed by atoms with Crippen LogP contribution in [0, 0.1) is 0 Å². The molecular formula is C8F16O4. The maximum absolute atomic E-state index is 12.6. The molecular weight excluding hydrogens is 464 g/mol. The molecule has 0 spiro atoms. The molecule has 0 amide bonds. The average molecular weight is 464 g/mol. The molecule has 0 aliphatic heterocycles. The van der Waals surface area contributed by atoms with Crippen LogP contribution in [0.5, 0.6) is 0 Å². The Balaban J connectivity index is 5.34. The van der Waals surface area contributed by atoms with E-state index in [0.717, 1.165) is 0 Å². The van der Waals surface area contributed by atoms with Gasteiger partial charge in [0.15, 0.2) is 0 Å². The van der Waals surface area contributed by atoms with Crippen molar-refractivity contribution in [2.45, 2.75) is 37.3 Å². The van der Waals surface area contributed by atoms with Crippen molar-refractivity contribution >= 4 is 0 Å². The highest BCUT2D eigenvalue weighted by Gasteiger charge is 2.67. The first kappa shape index (κ1) is 26.5. The second-order valence-corrected chi connectivity index (χ2v) is 3.90. The van der Waals surface area contributed by atoms with E-state index in [9.17, 15) is 70.2 Å². The first-order chi connectivity index (χ1) is 11.9. The Kier molecular flexibility index (Phi) is 7.28. The normalized spacial score (nSPS) is 15.0. The molecule has 0 aliphatic rings. The fourth-order valence-electron chi connectivity index (χ4n) is 0.850. The number of hydrogen-bond donors (Lipinski definition) is 0. The Bertz CT molecular complexity index is 576. The van der Waals surface area contributed by atoms with Crippen molar-refractivity contribution in [1.82, 2.24) is 0 Å². The van der Waals surface area contributed by atoms with Gasteiger partial charge in [-0.1, -0.05) is 0 Å². The molecule has 0 unspecified atom stereocenters. The Labute approximate surface area is 140 Å². The predicted molar refractivity (Wildman–Crippen MR) is 45.5 cm³/mol. The van der Waals surface area contributed by atoms with Crippen molar-refractivity contribution < 1.29 is 89.2 Å². The van der Waals surface area contributed by atoms with Crippen molar-refractivity contribution in [2.75, 3.05) is 0 Å². The topological polar surface area (TPSA) is 36.9 Å². The van der Waals surface area contributed by atoms with E-state index in [2.05, 4.69) is 0 Å². The van der Waals surface area contributed by atoms with Gasteiger partial charge in [-0.15, -0.1) is 26.3 Å². The van der Waals surface area contributed by atoms with Crippen LogP contribution in [0.2, 0.25) is 0 Å². The van der Waals surface area contributed by atoms with Crippen LogP contribution >= 0.6 is 0 Å². The molecule has 28 heavy (non-hydrogen) atoms. The van der Waals surface area contributed by atoms with Crippen LogP contribution in [-0.2, 0) is 18.9 Å². The van der Waals surface area contributed by atoms with E-state index in [1.165, 1.54) is 4.74 Å². The van der Waals surface area contributed by atoms with Crippen molar-refractivity contribution in [3.05, 3.63) is 11.9 Å². The van der Waals surface area contributed by atoms with Gasteiger partial charge in [-0.2, -0.15) is 43.9 Å². The van der Waals surface area contributed by atoms with Crippen LogP contribution in [0.25, 0.3) is 0 Å². The van der Waals surface area contributed by atoms with E-state index in [-0.39, 0.29) is 0 Å². The lowest BCUT2D eigenvalue weighted by Gasteiger charge is -2.28. The van der Waals surface area contributed by atoms with Gasteiger partial charge < -0.3 is 0 Å². The number of halogens is 16. The molecule has 0 heterocycles. The first-order valence-electron chi connectivity index (χ1n) is 5.41. The van der Waals surface area contributed by atoms with Gasteiger partial charge in [0.25, 0.3) is 5.83 Å². The Morgan fingerprint density at radius 3 is 1.11 bits per heavy atom. The molecule has 0 saturated carbocycles. The SMILES string of the molecule is FC(F)=C(F)C(F)(F)OC(F)(F)OC(F)(F)OC(F)(F)OC(F)(F)C(F)(F)F. The molecule has 0 aromatic rings. The largest absolute Gasteiger partial charge is 0.498 e. The molecule has 0 N–H and O–H groups in total. The summed E-state index contributed by atoms with van der Waals surface area (Å²) in [4.78, 5) is 0. The zero-order chi connectivity index (χ0) is 23.0. The minimum absolute atomic E-state index is 1.54. The van der Waals surface area contributed by atoms with Crippen LogP contribution in [0.15, 0.2) is 11.9 Å². The highest BCUT2D eigenvalue weighted by molar-refractivity contribution is 4.99. The lowest BCUT2D eigenvalue weighted by atomic mass is 10.5. The maximum atomic E-state index is 12.6. The third kappa shape index (κ3) is 7.83. The van der Waals surface area contributed by atoms with Gasteiger partial charge >= 0.3 is 43.4 Å². The quantitative estimate of drug-likeness (QED) is 0.333. The lowest BCUT2D eigenvalue weighted by Crippen LogP contribution is -2.49. The maximum Gasteiger partial charge on any atom is 0.498 e. The first-order valence-corrected chi connectivity index (χ1v) is 5.41. The summed E-state index contributed by atoms with van der Waals surface area (Å²) in [5.41, 5.74) is 0. The molecule has 0 atom stereocenters. The number of hydrogen-bond acceptors (Lipinski definition) is 4. The molecule has 0 radical (unpaired) electrons. The summed E-state index contributed by atoms with van der Waals surface area (Å²) in [7, 11) is 0. The molecule has 0 aromatic carbocycles. The molecule has 0 saturated heterocycles. The van der Waals surface area contributed by atoms with E-state index in [4.69, 9.17) is 0 Å². The van der Waals surface area contributed by atoms with E-state index in [1.807, 2.05) is 0 Å². The molecule has 0 rings (SSSR count). The average Bonchev–Trinajstić information content (AvgIpc) is 2.29.